The van der Waals surface area contributed by atoms with Crippen molar-refractivity contribution < 1.29 is 4.74 Å². The van der Waals surface area contributed by atoms with Crippen LogP contribution in [0, 0.1) is 0 Å². The predicted octanol–water partition coefficient (Wildman–Crippen LogP) is 1.95. The summed E-state index contributed by atoms with van der Waals surface area (Å²) in [5.41, 5.74) is 3.08. The summed E-state index contributed by atoms with van der Waals surface area (Å²) in [5, 5.41) is 2.31. The maximum atomic E-state index is 5.43. The van der Waals surface area contributed by atoms with E-state index in [-0.39, 0.29) is 0 Å². The zero-order valence-corrected chi connectivity index (χ0v) is 10.5. The van der Waals surface area contributed by atoms with E-state index in [0.717, 1.165) is 42.9 Å². The number of rotatable bonds is 1. The first-order valence-corrected chi connectivity index (χ1v) is 6.47. The van der Waals surface area contributed by atoms with E-state index in [0.29, 0.717) is 0 Å². The van der Waals surface area contributed by atoms with Gasteiger partial charge in [0.15, 0.2) is 0 Å². The van der Waals surface area contributed by atoms with Gasteiger partial charge < -0.3 is 14.6 Å². The molecule has 0 saturated carbocycles. The molecule has 3 aromatic rings. The molecule has 0 spiro atoms. The van der Waals surface area contributed by atoms with Crippen LogP contribution in [-0.4, -0.2) is 41.3 Å². The van der Waals surface area contributed by atoms with E-state index >= 15 is 0 Å². The number of fused-ring (bicyclic) bond motifs is 3. The molecule has 4 heterocycles. The number of ether oxygens (including phenoxy) is 1. The van der Waals surface area contributed by atoms with Gasteiger partial charge in [-0.2, -0.15) is 0 Å². The summed E-state index contributed by atoms with van der Waals surface area (Å²) in [6.45, 7) is 3.41. The van der Waals surface area contributed by atoms with Gasteiger partial charge in [0.1, 0.15) is 5.65 Å². The van der Waals surface area contributed by atoms with Crippen molar-refractivity contribution in [2.45, 2.75) is 0 Å². The van der Waals surface area contributed by atoms with Crippen LogP contribution >= 0.6 is 0 Å². The van der Waals surface area contributed by atoms with Gasteiger partial charge in [-0.3, -0.25) is 4.98 Å². The third kappa shape index (κ3) is 1.66. The molecule has 96 valence electrons. The molecule has 1 aliphatic rings. The molecule has 0 radical (unpaired) electrons. The molecule has 5 heteroatoms. The standard InChI is InChI=1S/C14H14N4O/c1-3-16-14-10(1)13-11(9-17-14)15-4-2-12(13)18-5-7-19-8-6-18/h1-4,9H,5-8H2,(H,16,17). The highest BCUT2D eigenvalue weighted by molar-refractivity contribution is 6.09. The minimum Gasteiger partial charge on any atom is -0.378 e. The maximum absolute atomic E-state index is 5.43. The number of nitrogens with one attached hydrogen (secondary N) is 1. The minimum atomic E-state index is 0.783. The van der Waals surface area contributed by atoms with Gasteiger partial charge in [0.2, 0.25) is 0 Å². The van der Waals surface area contributed by atoms with E-state index in [1.54, 1.807) is 0 Å². The SMILES string of the molecule is c1cc(N2CCOCC2)c2c(cnc3[nH]ccc32)n1. The Labute approximate surface area is 110 Å². The molecule has 19 heavy (non-hydrogen) atoms. The average Bonchev–Trinajstić information content (AvgIpc) is 2.96. The Morgan fingerprint density at radius 1 is 1.16 bits per heavy atom. The van der Waals surface area contributed by atoms with Crippen LogP contribution in [-0.2, 0) is 4.74 Å². The first-order chi connectivity index (χ1) is 9.43. The van der Waals surface area contributed by atoms with Gasteiger partial charge in [-0.15, -0.1) is 0 Å². The van der Waals surface area contributed by atoms with Crippen molar-refractivity contribution >= 4 is 27.6 Å². The van der Waals surface area contributed by atoms with Gasteiger partial charge in [0.25, 0.3) is 0 Å². The third-order valence-electron chi connectivity index (χ3n) is 3.62. The Morgan fingerprint density at radius 2 is 2.05 bits per heavy atom. The highest BCUT2D eigenvalue weighted by Gasteiger charge is 2.16. The summed E-state index contributed by atoms with van der Waals surface area (Å²) in [7, 11) is 0. The number of pyridine rings is 2. The molecule has 0 bridgehead atoms. The molecule has 5 nitrogen and oxygen atoms in total. The first-order valence-electron chi connectivity index (χ1n) is 6.47. The topological polar surface area (TPSA) is 54.0 Å². The minimum absolute atomic E-state index is 0.783. The van der Waals surface area contributed by atoms with Crippen LogP contribution in [0.5, 0.6) is 0 Å². The van der Waals surface area contributed by atoms with Crippen molar-refractivity contribution in [3.05, 3.63) is 30.7 Å². The number of aromatic nitrogens is 3. The van der Waals surface area contributed by atoms with Crippen molar-refractivity contribution in [3.8, 4) is 0 Å². The second-order valence-electron chi connectivity index (χ2n) is 4.69. The van der Waals surface area contributed by atoms with Crippen molar-refractivity contribution in [1.82, 2.24) is 15.0 Å². The number of morpholine rings is 1. The zero-order valence-electron chi connectivity index (χ0n) is 10.5. The number of hydrogen-bond acceptors (Lipinski definition) is 4. The van der Waals surface area contributed by atoms with Crippen LogP contribution in [0.25, 0.3) is 21.9 Å². The second-order valence-corrected chi connectivity index (χ2v) is 4.69. The normalized spacial score (nSPS) is 16.3. The summed E-state index contributed by atoms with van der Waals surface area (Å²) in [5.74, 6) is 0. The van der Waals surface area contributed by atoms with Crippen molar-refractivity contribution in [2.24, 2.45) is 0 Å². The number of H-pyrrole nitrogens is 1. The number of hydrogen-bond donors (Lipinski definition) is 1. The fourth-order valence-corrected chi connectivity index (χ4v) is 2.70. The van der Waals surface area contributed by atoms with Crippen LogP contribution in [0.1, 0.15) is 0 Å². The summed E-state index contributed by atoms with van der Waals surface area (Å²) < 4.78 is 5.43. The van der Waals surface area contributed by atoms with Crippen molar-refractivity contribution in [3.63, 3.8) is 0 Å². The predicted molar refractivity (Wildman–Crippen MR) is 74.4 cm³/mol. The highest BCUT2D eigenvalue weighted by atomic mass is 16.5. The van der Waals surface area contributed by atoms with Crippen LogP contribution in [0.3, 0.4) is 0 Å². The zero-order chi connectivity index (χ0) is 12.7. The Morgan fingerprint density at radius 3 is 2.95 bits per heavy atom. The number of nitrogens with zero attached hydrogens (tertiary/aromatic N) is 3. The van der Waals surface area contributed by atoms with Gasteiger partial charge in [-0.1, -0.05) is 0 Å². The van der Waals surface area contributed by atoms with Gasteiger partial charge in [-0.05, 0) is 12.1 Å². The van der Waals surface area contributed by atoms with Crippen LogP contribution in [0.15, 0.2) is 30.7 Å². The molecule has 0 aliphatic carbocycles. The lowest BCUT2D eigenvalue weighted by atomic mass is 10.1. The quantitative estimate of drug-likeness (QED) is 0.721. The van der Waals surface area contributed by atoms with E-state index in [9.17, 15) is 0 Å². The lowest BCUT2D eigenvalue weighted by Gasteiger charge is -2.29. The van der Waals surface area contributed by atoms with E-state index in [2.05, 4.69) is 32.0 Å². The van der Waals surface area contributed by atoms with Gasteiger partial charge in [0, 0.05) is 41.9 Å². The average molecular weight is 254 g/mol. The molecule has 1 N–H and O–H groups in total. The van der Waals surface area contributed by atoms with Crippen molar-refractivity contribution in [2.75, 3.05) is 31.2 Å². The largest absolute Gasteiger partial charge is 0.378 e. The molecule has 1 aliphatic heterocycles. The second kappa shape index (κ2) is 4.20. The molecule has 4 rings (SSSR count). The van der Waals surface area contributed by atoms with Crippen LogP contribution in [0.4, 0.5) is 5.69 Å². The van der Waals surface area contributed by atoms with E-state index in [1.165, 1.54) is 11.1 Å². The highest BCUT2D eigenvalue weighted by Crippen LogP contribution is 2.31. The smallest absolute Gasteiger partial charge is 0.138 e. The number of aromatic amines is 1. The summed E-state index contributed by atoms with van der Waals surface area (Å²) in [4.78, 5) is 14.3. The van der Waals surface area contributed by atoms with Gasteiger partial charge in [0.05, 0.1) is 24.9 Å². The first kappa shape index (κ1) is 10.8. The monoisotopic (exact) mass is 254 g/mol. The molecule has 1 saturated heterocycles. The third-order valence-corrected chi connectivity index (χ3v) is 3.62. The Hall–Kier alpha value is -2.14. The molecule has 0 aromatic carbocycles. The van der Waals surface area contributed by atoms with E-state index in [4.69, 9.17) is 4.74 Å². The van der Waals surface area contributed by atoms with Gasteiger partial charge in [-0.25, -0.2) is 4.98 Å². The van der Waals surface area contributed by atoms with Crippen molar-refractivity contribution in [1.29, 1.82) is 0 Å². The molecular formula is C14H14N4O. The van der Waals surface area contributed by atoms with Crippen LogP contribution in [0.2, 0.25) is 0 Å². The molecule has 3 aromatic heterocycles. The lowest BCUT2D eigenvalue weighted by Crippen LogP contribution is -2.36. The molecule has 0 atom stereocenters. The number of anilines is 1. The summed E-state index contributed by atoms with van der Waals surface area (Å²) in [6.07, 6.45) is 5.61. The Bertz CT molecular complexity index is 730. The summed E-state index contributed by atoms with van der Waals surface area (Å²) in [6, 6.07) is 4.15. The fourth-order valence-electron chi connectivity index (χ4n) is 2.70. The molecular weight excluding hydrogens is 240 g/mol. The maximum Gasteiger partial charge on any atom is 0.138 e. The Balaban J connectivity index is 2.00. The summed E-state index contributed by atoms with van der Waals surface area (Å²) >= 11 is 0. The van der Waals surface area contributed by atoms with Gasteiger partial charge >= 0.3 is 0 Å². The molecule has 1 fully saturated rings. The molecule has 0 amide bonds. The Kier molecular flexibility index (Phi) is 2.38. The fraction of sp³-hybridized carbons (Fsp3) is 0.286. The van der Waals surface area contributed by atoms with E-state index < -0.39 is 0 Å². The van der Waals surface area contributed by atoms with Crippen LogP contribution < -0.4 is 4.90 Å². The lowest BCUT2D eigenvalue weighted by molar-refractivity contribution is 0.123. The van der Waals surface area contributed by atoms with E-state index in [1.807, 2.05) is 18.6 Å². The molecule has 0 unspecified atom stereocenters.